The van der Waals surface area contributed by atoms with E-state index in [1.165, 1.54) is 12.1 Å². The summed E-state index contributed by atoms with van der Waals surface area (Å²) in [4.78, 5) is 10.4. The van der Waals surface area contributed by atoms with Crippen molar-refractivity contribution in [2.75, 3.05) is 12.4 Å². The van der Waals surface area contributed by atoms with Crippen molar-refractivity contribution in [1.29, 1.82) is 5.26 Å². The molecule has 2 atom stereocenters. The number of nitrogens with zero attached hydrogens (tertiary/aromatic N) is 2. The largest absolute Gasteiger partial charge is 0.379 e. The second-order valence-electron chi connectivity index (χ2n) is 4.56. The molecule has 1 aromatic carbocycles. The first-order valence-electron chi connectivity index (χ1n) is 6.13. The standard InChI is InChI=1S/C13H15N3O3/c1-19-13-4-2-3-11(13)15-10-6-5-9(8-14)12(7-10)16(17)18/h5-7,11,13,15H,2-4H2,1H3. The van der Waals surface area contributed by atoms with Crippen LogP contribution in [0.15, 0.2) is 18.2 Å². The van der Waals surface area contributed by atoms with E-state index in [0.717, 1.165) is 19.3 Å². The summed E-state index contributed by atoms with van der Waals surface area (Å²) in [5.41, 5.74) is 0.560. The molecule has 0 amide bonds. The van der Waals surface area contributed by atoms with Gasteiger partial charge in [0, 0.05) is 18.9 Å². The fourth-order valence-electron chi connectivity index (χ4n) is 2.45. The van der Waals surface area contributed by atoms with Gasteiger partial charge in [0.25, 0.3) is 5.69 Å². The molecule has 1 aromatic rings. The number of anilines is 1. The highest BCUT2D eigenvalue weighted by atomic mass is 16.6. The molecule has 1 aliphatic carbocycles. The van der Waals surface area contributed by atoms with E-state index < -0.39 is 4.92 Å². The molecule has 0 spiro atoms. The lowest BCUT2D eigenvalue weighted by atomic mass is 10.1. The van der Waals surface area contributed by atoms with Crippen LogP contribution in [0.1, 0.15) is 24.8 Å². The van der Waals surface area contributed by atoms with Gasteiger partial charge in [-0.2, -0.15) is 5.26 Å². The number of nitro benzene ring substituents is 1. The average molecular weight is 261 g/mol. The minimum atomic E-state index is -0.536. The molecule has 1 saturated carbocycles. The zero-order valence-electron chi connectivity index (χ0n) is 10.6. The summed E-state index contributed by atoms with van der Waals surface area (Å²) in [6.45, 7) is 0. The van der Waals surface area contributed by atoms with Crippen molar-refractivity contribution in [3.63, 3.8) is 0 Å². The van der Waals surface area contributed by atoms with Crippen molar-refractivity contribution < 1.29 is 9.66 Å². The minimum Gasteiger partial charge on any atom is -0.379 e. The summed E-state index contributed by atoms with van der Waals surface area (Å²) in [5.74, 6) is 0. The Hall–Kier alpha value is -2.13. The van der Waals surface area contributed by atoms with E-state index in [0.29, 0.717) is 5.69 Å². The number of hydrogen-bond acceptors (Lipinski definition) is 5. The first-order chi connectivity index (χ1) is 9.15. The van der Waals surface area contributed by atoms with Crippen LogP contribution in [0.5, 0.6) is 0 Å². The van der Waals surface area contributed by atoms with Crippen molar-refractivity contribution in [2.24, 2.45) is 0 Å². The predicted octanol–water partition coefficient (Wildman–Crippen LogP) is 2.45. The van der Waals surface area contributed by atoms with Gasteiger partial charge < -0.3 is 10.1 Å². The maximum Gasteiger partial charge on any atom is 0.289 e. The Morgan fingerprint density at radius 2 is 2.32 bits per heavy atom. The maximum atomic E-state index is 10.9. The van der Waals surface area contributed by atoms with Crippen LogP contribution in [-0.4, -0.2) is 24.2 Å². The number of ether oxygens (including phenoxy) is 1. The van der Waals surface area contributed by atoms with Crippen LogP contribution in [0.3, 0.4) is 0 Å². The summed E-state index contributed by atoms with van der Waals surface area (Å²) in [6.07, 6.45) is 3.18. The highest BCUT2D eigenvalue weighted by Crippen LogP contribution is 2.28. The van der Waals surface area contributed by atoms with Gasteiger partial charge in [0.05, 0.1) is 17.1 Å². The normalized spacial score (nSPS) is 21.9. The van der Waals surface area contributed by atoms with E-state index in [1.54, 1.807) is 13.2 Å². The summed E-state index contributed by atoms with van der Waals surface area (Å²) >= 11 is 0. The van der Waals surface area contributed by atoms with Crippen LogP contribution in [-0.2, 0) is 4.74 Å². The van der Waals surface area contributed by atoms with Crippen molar-refractivity contribution in [3.05, 3.63) is 33.9 Å². The van der Waals surface area contributed by atoms with E-state index in [9.17, 15) is 10.1 Å². The van der Waals surface area contributed by atoms with Crippen LogP contribution in [0, 0.1) is 21.4 Å². The number of nitro groups is 1. The fourth-order valence-corrected chi connectivity index (χ4v) is 2.45. The Morgan fingerprint density at radius 3 is 2.95 bits per heavy atom. The molecule has 0 saturated heterocycles. The van der Waals surface area contributed by atoms with E-state index in [1.807, 2.05) is 6.07 Å². The molecule has 0 bridgehead atoms. The predicted molar refractivity (Wildman–Crippen MR) is 69.9 cm³/mol. The number of rotatable bonds is 4. The van der Waals surface area contributed by atoms with Gasteiger partial charge in [-0.15, -0.1) is 0 Å². The molecule has 0 aromatic heterocycles. The third-order valence-electron chi connectivity index (χ3n) is 3.42. The van der Waals surface area contributed by atoms with Crippen LogP contribution in [0.25, 0.3) is 0 Å². The molecule has 0 heterocycles. The second kappa shape index (κ2) is 5.67. The van der Waals surface area contributed by atoms with E-state index >= 15 is 0 Å². The zero-order valence-corrected chi connectivity index (χ0v) is 10.6. The Kier molecular flexibility index (Phi) is 3.97. The molecule has 19 heavy (non-hydrogen) atoms. The number of benzene rings is 1. The van der Waals surface area contributed by atoms with Gasteiger partial charge in [-0.25, -0.2) is 0 Å². The van der Waals surface area contributed by atoms with Gasteiger partial charge >= 0.3 is 0 Å². The lowest BCUT2D eigenvalue weighted by molar-refractivity contribution is -0.385. The number of nitrogens with one attached hydrogen (secondary N) is 1. The average Bonchev–Trinajstić information content (AvgIpc) is 2.85. The molecule has 1 fully saturated rings. The van der Waals surface area contributed by atoms with Gasteiger partial charge in [-0.3, -0.25) is 10.1 Å². The molecule has 1 N–H and O–H groups in total. The first kappa shape index (κ1) is 13.3. The Morgan fingerprint density at radius 1 is 1.53 bits per heavy atom. The lowest BCUT2D eigenvalue weighted by Crippen LogP contribution is -2.29. The van der Waals surface area contributed by atoms with E-state index in [-0.39, 0.29) is 23.4 Å². The Balaban J connectivity index is 2.20. The summed E-state index contributed by atoms with van der Waals surface area (Å²) < 4.78 is 5.37. The van der Waals surface area contributed by atoms with Crippen LogP contribution < -0.4 is 5.32 Å². The minimum absolute atomic E-state index is 0.0743. The molecule has 0 radical (unpaired) electrons. The molecule has 2 rings (SSSR count). The highest BCUT2D eigenvalue weighted by molar-refractivity contribution is 5.59. The van der Waals surface area contributed by atoms with Crippen LogP contribution in [0.4, 0.5) is 11.4 Å². The van der Waals surface area contributed by atoms with E-state index in [2.05, 4.69) is 5.32 Å². The molecule has 2 unspecified atom stereocenters. The maximum absolute atomic E-state index is 10.9. The molecular formula is C13H15N3O3. The van der Waals surface area contributed by atoms with Crippen molar-refractivity contribution in [1.82, 2.24) is 0 Å². The number of methoxy groups -OCH3 is 1. The van der Waals surface area contributed by atoms with Gasteiger partial charge in [0.1, 0.15) is 11.6 Å². The fraction of sp³-hybridized carbons (Fsp3) is 0.462. The number of hydrogen-bond donors (Lipinski definition) is 1. The van der Waals surface area contributed by atoms with Crippen molar-refractivity contribution in [3.8, 4) is 6.07 Å². The quantitative estimate of drug-likeness (QED) is 0.664. The van der Waals surface area contributed by atoms with Crippen molar-refractivity contribution in [2.45, 2.75) is 31.4 Å². The van der Waals surface area contributed by atoms with Crippen LogP contribution >= 0.6 is 0 Å². The van der Waals surface area contributed by atoms with Gasteiger partial charge in [0.15, 0.2) is 0 Å². The topological polar surface area (TPSA) is 88.2 Å². The van der Waals surface area contributed by atoms with Crippen molar-refractivity contribution >= 4 is 11.4 Å². The number of nitriles is 1. The second-order valence-corrected chi connectivity index (χ2v) is 4.56. The Labute approximate surface area is 111 Å². The monoisotopic (exact) mass is 261 g/mol. The molecule has 6 heteroatoms. The highest BCUT2D eigenvalue weighted by Gasteiger charge is 2.27. The van der Waals surface area contributed by atoms with Crippen LogP contribution in [0.2, 0.25) is 0 Å². The summed E-state index contributed by atoms with van der Waals surface area (Å²) in [6, 6.07) is 6.55. The first-order valence-corrected chi connectivity index (χ1v) is 6.13. The third kappa shape index (κ3) is 2.83. The summed E-state index contributed by atoms with van der Waals surface area (Å²) in [5, 5.41) is 23.0. The molecule has 1 aliphatic rings. The SMILES string of the molecule is COC1CCCC1Nc1ccc(C#N)c([N+](=O)[O-])c1. The third-order valence-corrected chi connectivity index (χ3v) is 3.42. The Bertz CT molecular complexity index is 524. The summed E-state index contributed by atoms with van der Waals surface area (Å²) in [7, 11) is 1.67. The van der Waals surface area contributed by atoms with Gasteiger partial charge in [0.2, 0.25) is 0 Å². The molecule has 0 aliphatic heterocycles. The van der Waals surface area contributed by atoms with Gasteiger partial charge in [-0.05, 0) is 31.4 Å². The van der Waals surface area contributed by atoms with Gasteiger partial charge in [-0.1, -0.05) is 0 Å². The smallest absolute Gasteiger partial charge is 0.289 e. The molecule has 100 valence electrons. The molecule has 6 nitrogen and oxygen atoms in total. The molecular weight excluding hydrogens is 246 g/mol. The zero-order chi connectivity index (χ0) is 13.8. The van der Waals surface area contributed by atoms with E-state index in [4.69, 9.17) is 10.00 Å². The lowest BCUT2D eigenvalue weighted by Gasteiger charge is -2.20.